The lowest BCUT2D eigenvalue weighted by Gasteiger charge is -2.09. The van der Waals surface area contributed by atoms with Crippen LogP contribution in [0.2, 0.25) is 5.02 Å². The van der Waals surface area contributed by atoms with E-state index >= 15 is 0 Å². The minimum absolute atomic E-state index is 0.0387. The lowest BCUT2D eigenvalue weighted by molar-refractivity contribution is 0.101. The first kappa shape index (κ1) is 19.1. The van der Waals surface area contributed by atoms with Crippen molar-refractivity contribution in [3.63, 3.8) is 0 Å². The molecule has 0 saturated heterocycles. The number of ketones is 1. The standard InChI is InChI=1S/C22H12ClF3O3/c23-16-3-1-4-17(24)14(16)10-21-22(27)13-8-7-12(9-20(13)29-21)28-11-15-18(25)5-2-6-19(15)26/h1-10H,11H2/b21-10-. The molecule has 0 radical (unpaired) electrons. The topological polar surface area (TPSA) is 35.5 Å². The Labute approximate surface area is 168 Å². The van der Waals surface area contributed by atoms with Gasteiger partial charge in [-0.3, -0.25) is 4.79 Å². The van der Waals surface area contributed by atoms with E-state index in [0.717, 1.165) is 12.1 Å². The van der Waals surface area contributed by atoms with E-state index < -0.39 is 23.2 Å². The molecule has 4 rings (SSSR count). The minimum atomic E-state index is -0.718. The van der Waals surface area contributed by atoms with E-state index in [1.807, 2.05) is 0 Å². The van der Waals surface area contributed by atoms with Gasteiger partial charge in [0, 0.05) is 11.6 Å². The zero-order valence-electron chi connectivity index (χ0n) is 14.7. The number of ether oxygens (including phenoxy) is 2. The average molecular weight is 417 g/mol. The predicted molar refractivity (Wildman–Crippen MR) is 101 cm³/mol. The van der Waals surface area contributed by atoms with Gasteiger partial charge in [0.05, 0.1) is 16.1 Å². The molecule has 0 bridgehead atoms. The van der Waals surface area contributed by atoms with Crippen molar-refractivity contribution >= 4 is 23.5 Å². The van der Waals surface area contributed by atoms with E-state index in [2.05, 4.69) is 0 Å². The fraction of sp³-hybridized carbons (Fsp3) is 0.0455. The molecule has 0 amide bonds. The molecular formula is C22H12ClF3O3. The number of benzene rings is 3. The summed E-state index contributed by atoms with van der Waals surface area (Å²) in [5.74, 6) is -2.11. The highest BCUT2D eigenvalue weighted by molar-refractivity contribution is 6.32. The summed E-state index contributed by atoms with van der Waals surface area (Å²) >= 11 is 5.98. The van der Waals surface area contributed by atoms with Gasteiger partial charge < -0.3 is 9.47 Å². The Balaban J connectivity index is 1.57. The van der Waals surface area contributed by atoms with Crippen molar-refractivity contribution in [1.82, 2.24) is 0 Å². The van der Waals surface area contributed by atoms with Crippen molar-refractivity contribution in [1.29, 1.82) is 0 Å². The third kappa shape index (κ3) is 3.71. The fourth-order valence-electron chi connectivity index (χ4n) is 2.86. The molecular weight excluding hydrogens is 405 g/mol. The fourth-order valence-corrected chi connectivity index (χ4v) is 3.08. The van der Waals surface area contributed by atoms with Gasteiger partial charge in [-0.25, -0.2) is 13.2 Å². The molecule has 1 heterocycles. The second kappa shape index (κ2) is 7.64. The summed E-state index contributed by atoms with van der Waals surface area (Å²) in [6.07, 6.45) is 1.23. The number of carbonyl (C=O) groups is 1. The maximum atomic E-state index is 14.0. The zero-order valence-corrected chi connectivity index (χ0v) is 15.5. The molecule has 3 aromatic rings. The van der Waals surface area contributed by atoms with Crippen LogP contribution >= 0.6 is 11.6 Å². The van der Waals surface area contributed by atoms with Crippen LogP contribution in [0.5, 0.6) is 11.5 Å². The van der Waals surface area contributed by atoms with Crippen molar-refractivity contribution in [2.75, 3.05) is 0 Å². The number of hydrogen-bond donors (Lipinski definition) is 0. The summed E-state index contributed by atoms with van der Waals surface area (Å²) in [7, 11) is 0. The van der Waals surface area contributed by atoms with Crippen molar-refractivity contribution in [2.45, 2.75) is 6.61 Å². The second-order valence-corrected chi connectivity index (χ2v) is 6.63. The van der Waals surface area contributed by atoms with Crippen LogP contribution in [0.4, 0.5) is 13.2 Å². The molecule has 0 N–H and O–H groups in total. The Morgan fingerprint density at radius 3 is 2.38 bits per heavy atom. The first-order valence-corrected chi connectivity index (χ1v) is 8.90. The molecule has 0 atom stereocenters. The van der Waals surface area contributed by atoms with E-state index in [1.54, 1.807) is 0 Å². The van der Waals surface area contributed by atoms with Gasteiger partial charge in [0.15, 0.2) is 5.76 Å². The number of fused-ring (bicyclic) bond motifs is 1. The summed E-state index contributed by atoms with van der Waals surface area (Å²) in [5.41, 5.74) is 0.0877. The molecule has 0 fully saturated rings. The Morgan fingerprint density at radius 2 is 1.66 bits per heavy atom. The summed E-state index contributed by atoms with van der Waals surface area (Å²) in [4.78, 5) is 12.5. The molecule has 7 heteroatoms. The molecule has 1 aliphatic heterocycles. The van der Waals surface area contributed by atoms with Gasteiger partial charge in [-0.1, -0.05) is 23.7 Å². The first-order valence-electron chi connectivity index (χ1n) is 8.52. The van der Waals surface area contributed by atoms with Crippen LogP contribution in [-0.2, 0) is 6.61 Å². The lowest BCUT2D eigenvalue weighted by atomic mass is 10.1. The smallest absolute Gasteiger partial charge is 0.231 e. The first-order chi connectivity index (χ1) is 13.9. The van der Waals surface area contributed by atoms with E-state index in [4.69, 9.17) is 21.1 Å². The van der Waals surface area contributed by atoms with Gasteiger partial charge in [-0.05, 0) is 42.5 Å². The summed E-state index contributed by atoms with van der Waals surface area (Å²) in [6, 6.07) is 12.1. The van der Waals surface area contributed by atoms with Crippen molar-refractivity contribution in [3.05, 3.63) is 99.5 Å². The van der Waals surface area contributed by atoms with Crippen LogP contribution in [-0.4, -0.2) is 5.78 Å². The summed E-state index contributed by atoms with van der Waals surface area (Å²) < 4.78 is 52.4. The van der Waals surface area contributed by atoms with Gasteiger partial charge in [0.25, 0.3) is 0 Å². The Morgan fingerprint density at radius 1 is 0.966 bits per heavy atom. The molecule has 0 spiro atoms. The van der Waals surface area contributed by atoms with Crippen molar-refractivity contribution in [2.24, 2.45) is 0 Å². The molecule has 0 unspecified atom stereocenters. The number of hydrogen-bond acceptors (Lipinski definition) is 3. The quantitative estimate of drug-likeness (QED) is 0.493. The van der Waals surface area contributed by atoms with Crippen LogP contribution in [0.15, 0.2) is 60.4 Å². The minimum Gasteiger partial charge on any atom is -0.489 e. The van der Waals surface area contributed by atoms with Crippen LogP contribution in [0, 0.1) is 17.5 Å². The highest BCUT2D eigenvalue weighted by Crippen LogP contribution is 2.36. The molecule has 146 valence electrons. The van der Waals surface area contributed by atoms with E-state index in [0.29, 0.717) is 0 Å². The number of allylic oxidation sites excluding steroid dienone is 1. The van der Waals surface area contributed by atoms with Crippen LogP contribution in [0.25, 0.3) is 6.08 Å². The van der Waals surface area contributed by atoms with Crippen LogP contribution in [0.3, 0.4) is 0 Å². The summed E-state index contributed by atoms with van der Waals surface area (Å²) in [5, 5.41) is 0.140. The van der Waals surface area contributed by atoms with E-state index in [9.17, 15) is 18.0 Å². The maximum absolute atomic E-state index is 14.0. The molecule has 3 aromatic carbocycles. The zero-order chi connectivity index (χ0) is 20.5. The molecule has 0 aliphatic carbocycles. The monoisotopic (exact) mass is 416 g/mol. The van der Waals surface area contributed by atoms with Gasteiger partial charge in [-0.2, -0.15) is 0 Å². The lowest BCUT2D eigenvalue weighted by Crippen LogP contribution is -2.01. The second-order valence-electron chi connectivity index (χ2n) is 6.22. The van der Waals surface area contributed by atoms with Gasteiger partial charge in [0.1, 0.15) is 35.6 Å². The molecule has 3 nitrogen and oxygen atoms in total. The third-order valence-electron chi connectivity index (χ3n) is 4.36. The summed E-state index contributed by atoms with van der Waals surface area (Å²) in [6.45, 7) is -0.335. The van der Waals surface area contributed by atoms with E-state index in [1.165, 1.54) is 48.5 Å². The van der Waals surface area contributed by atoms with Crippen LogP contribution in [0.1, 0.15) is 21.5 Å². The van der Waals surface area contributed by atoms with Gasteiger partial charge >= 0.3 is 0 Å². The molecule has 0 aromatic heterocycles. The largest absolute Gasteiger partial charge is 0.489 e. The Hall–Kier alpha value is -3.25. The number of halogens is 4. The highest BCUT2D eigenvalue weighted by atomic mass is 35.5. The predicted octanol–water partition coefficient (Wildman–Crippen LogP) is 5.95. The molecule has 29 heavy (non-hydrogen) atoms. The highest BCUT2D eigenvalue weighted by Gasteiger charge is 2.28. The average Bonchev–Trinajstić information content (AvgIpc) is 2.99. The maximum Gasteiger partial charge on any atom is 0.231 e. The van der Waals surface area contributed by atoms with E-state index in [-0.39, 0.29) is 45.6 Å². The third-order valence-corrected chi connectivity index (χ3v) is 4.69. The van der Waals surface area contributed by atoms with Crippen molar-refractivity contribution in [3.8, 4) is 11.5 Å². The number of Topliss-reactive ketones (excluding diaryl/α,β-unsaturated/α-hetero) is 1. The molecule has 1 aliphatic rings. The van der Waals surface area contributed by atoms with Gasteiger partial charge in [-0.15, -0.1) is 0 Å². The number of rotatable bonds is 4. The normalized spacial score (nSPS) is 14.1. The van der Waals surface area contributed by atoms with Crippen molar-refractivity contribution < 1.29 is 27.4 Å². The van der Waals surface area contributed by atoms with Crippen LogP contribution < -0.4 is 9.47 Å². The molecule has 0 saturated carbocycles. The Bertz CT molecular complexity index is 1120. The number of carbonyl (C=O) groups excluding carboxylic acids is 1. The Kier molecular flexibility index (Phi) is 5.03. The van der Waals surface area contributed by atoms with Gasteiger partial charge in [0.2, 0.25) is 5.78 Å². The SMILES string of the molecule is O=C1/C(=C/c2c(F)cccc2Cl)Oc2cc(OCc3c(F)cccc3F)ccc21.